The van der Waals surface area contributed by atoms with Gasteiger partial charge in [0, 0.05) is 6.07 Å². The molecule has 14 heteroatoms. The first-order valence-electron chi connectivity index (χ1n) is 10.3. The summed E-state index contributed by atoms with van der Waals surface area (Å²) in [4.78, 5) is 48.8. The first-order valence-corrected chi connectivity index (χ1v) is 11.1. The molecule has 194 valence electrons. The number of benzene rings is 3. The quantitative estimate of drug-likeness (QED) is 0.166. The number of nitro groups is 1. The Bertz CT molecular complexity index is 1540. The number of urea groups is 1. The number of nitrogens with one attached hydrogen (secondary N) is 1. The summed E-state index contributed by atoms with van der Waals surface area (Å²) in [6.07, 6.45) is -3.65. The van der Waals surface area contributed by atoms with E-state index in [-0.39, 0.29) is 27.0 Å². The maximum Gasteiger partial charge on any atom is 0.416 e. The molecule has 4 rings (SSSR count). The lowest BCUT2D eigenvalue weighted by Crippen LogP contribution is -2.54. The van der Waals surface area contributed by atoms with Crippen LogP contribution in [0.5, 0.6) is 11.5 Å². The van der Waals surface area contributed by atoms with E-state index in [1.807, 2.05) is 5.32 Å². The Balaban J connectivity index is 1.66. The van der Waals surface area contributed by atoms with Gasteiger partial charge in [0.15, 0.2) is 0 Å². The third-order valence-corrected chi connectivity index (χ3v) is 5.88. The van der Waals surface area contributed by atoms with Crippen LogP contribution in [0.1, 0.15) is 11.1 Å². The summed E-state index contributed by atoms with van der Waals surface area (Å²) in [7, 11) is 0. The van der Waals surface area contributed by atoms with E-state index in [0.717, 1.165) is 12.1 Å². The predicted molar refractivity (Wildman–Crippen MR) is 130 cm³/mol. The van der Waals surface area contributed by atoms with Crippen molar-refractivity contribution in [1.82, 2.24) is 5.32 Å². The average Bonchev–Trinajstić information content (AvgIpc) is 2.83. The average molecular weight is 566 g/mol. The summed E-state index contributed by atoms with van der Waals surface area (Å²) in [5.41, 5.74) is -2.32. The van der Waals surface area contributed by atoms with E-state index in [4.69, 9.17) is 27.9 Å². The van der Waals surface area contributed by atoms with Crippen LogP contribution in [0, 0.1) is 10.1 Å². The van der Waals surface area contributed by atoms with Gasteiger partial charge in [-0.2, -0.15) is 13.2 Å². The molecular formula is C24H12Cl2F3N3O6. The molecule has 4 amide bonds. The largest absolute Gasteiger partial charge is 0.450 e. The second-order valence-corrected chi connectivity index (χ2v) is 8.48. The molecule has 0 aliphatic carbocycles. The molecule has 3 aromatic rings. The van der Waals surface area contributed by atoms with Crippen molar-refractivity contribution in [2.45, 2.75) is 6.18 Å². The smallest absolute Gasteiger partial charge is 0.416 e. The Morgan fingerprint density at radius 2 is 1.71 bits per heavy atom. The third-order valence-electron chi connectivity index (χ3n) is 5.14. The lowest BCUT2D eigenvalue weighted by atomic mass is 10.1. The van der Waals surface area contributed by atoms with Gasteiger partial charge in [0.25, 0.3) is 11.8 Å². The van der Waals surface area contributed by atoms with Crippen LogP contribution in [-0.4, -0.2) is 22.8 Å². The molecule has 9 nitrogen and oxygen atoms in total. The highest BCUT2D eigenvalue weighted by Gasteiger charge is 2.37. The molecular weight excluding hydrogens is 554 g/mol. The van der Waals surface area contributed by atoms with Gasteiger partial charge in [-0.25, -0.2) is 9.69 Å². The van der Waals surface area contributed by atoms with Crippen molar-refractivity contribution >= 4 is 58.5 Å². The van der Waals surface area contributed by atoms with E-state index in [1.54, 1.807) is 0 Å². The van der Waals surface area contributed by atoms with Gasteiger partial charge in [0.2, 0.25) is 5.75 Å². The summed E-state index contributed by atoms with van der Waals surface area (Å²) < 4.78 is 44.3. The van der Waals surface area contributed by atoms with Gasteiger partial charge in [0.1, 0.15) is 11.3 Å². The second kappa shape index (κ2) is 10.1. The molecule has 0 saturated carbocycles. The number of rotatable bonds is 5. The van der Waals surface area contributed by atoms with Gasteiger partial charge >= 0.3 is 17.9 Å². The Kier molecular flexibility index (Phi) is 7.11. The number of anilines is 1. The van der Waals surface area contributed by atoms with Gasteiger partial charge in [-0.1, -0.05) is 35.3 Å². The third kappa shape index (κ3) is 5.45. The molecule has 1 aliphatic heterocycles. The molecule has 0 aromatic heterocycles. The summed E-state index contributed by atoms with van der Waals surface area (Å²) in [6.45, 7) is 0. The molecule has 1 aliphatic rings. The summed E-state index contributed by atoms with van der Waals surface area (Å²) in [5, 5.41) is 13.6. The monoisotopic (exact) mass is 565 g/mol. The first kappa shape index (κ1) is 26.6. The van der Waals surface area contributed by atoms with Gasteiger partial charge in [0.05, 0.1) is 26.2 Å². The number of halogens is 5. The van der Waals surface area contributed by atoms with Crippen LogP contribution < -0.4 is 15.0 Å². The van der Waals surface area contributed by atoms with Crippen molar-refractivity contribution in [3.05, 3.63) is 97.5 Å². The molecule has 3 aromatic carbocycles. The van der Waals surface area contributed by atoms with Gasteiger partial charge < -0.3 is 4.74 Å². The molecule has 1 fully saturated rings. The van der Waals surface area contributed by atoms with Gasteiger partial charge in [-0.05, 0) is 54.1 Å². The number of hydrogen-bond acceptors (Lipinski definition) is 6. The normalized spacial score (nSPS) is 15.0. The highest BCUT2D eigenvalue weighted by atomic mass is 35.5. The van der Waals surface area contributed by atoms with E-state index in [1.165, 1.54) is 42.5 Å². The van der Waals surface area contributed by atoms with Crippen LogP contribution in [-0.2, 0) is 15.8 Å². The fraction of sp³-hybridized carbons (Fsp3) is 0.0417. The minimum atomic E-state index is -4.80. The Morgan fingerprint density at radius 1 is 0.974 bits per heavy atom. The lowest BCUT2D eigenvalue weighted by molar-refractivity contribution is -0.385. The number of alkyl halides is 3. The minimum absolute atomic E-state index is 0.0386. The number of ether oxygens (including phenoxy) is 1. The Morgan fingerprint density at radius 3 is 2.37 bits per heavy atom. The van der Waals surface area contributed by atoms with Gasteiger partial charge in [-0.15, -0.1) is 0 Å². The zero-order valence-corrected chi connectivity index (χ0v) is 20.1. The molecule has 1 saturated heterocycles. The fourth-order valence-corrected chi connectivity index (χ4v) is 3.69. The fourth-order valence-electron chi connectivity index (χ4n) is 3.40. The highest BCUT2D eigenvalue weighted by Crippen LogP contribution is 2.38. The molecule has 0 bridgehead atoms. The summed E-state index contributed by atoms with van der Waals surface area (Å²) in [6, 6.07) is 10.3. The number of nitrogens with zero attached hydrogens (tertiary/aromatic N) is 2. The maximum atomic E-state index is 13.1. The first-order chi connectivity index (χ1) is 17.8. The molecule has 0 unspecified atom stereocenters. The number of barbiturate groups is 1. The molecule has 0 spiro atoms. The zero-order chi connectivity index (χ0) is 27.8. The van der Waals surface area contributed by atoms with E-state index < -0.39 is 51.5 Å². The number of hydrogen-bond donors (Lipinski definition) is 1. The molecule has 0 radical (unpaired) electrons. The molecule has 1 heterocycles. The van der Waals surface area contributed by atoms with Crippen LogP contribution in [0.15, 0.2) is 66.2 Å². The van der Waals surface area contributed by atoms with E-state index >= 15 is 0 Å². The van der Waals surface area contributed by atoms with Crippen LogP contribution >= 0.6 is 23.2 Å². The Hall–Kier alpha value is -4.42. The van der Waals surface area contributed by atoms with Crippen LogP contribution in [0.2, 0.25) is 10.0 Å². The lowest BCUT2D eigenvalue weighted by Gasteiger charge is -2.26. The van der Waals surface area contributed by atoms with Crippen LogP contribution in [0.25, 0.3) is 6.08 Å². The Labute approximate surface area is 221 Å². The number of carbonyl (C=O) groups excluding carboxylic acids is 3. The summed E-state index contributed by atoms with van der Waals surface area (Å²) in [5.74, 6) is -2.46. The molecule has 1 N–H and O–H groups in total. The van der Waals surface area contributed by atoms with Gasteiger partial charge in [-0.3, -0.25) is 25.0 Å². The van der Waals surface area contributed by atoms with Crippen molar-refractivity contribution < 1.29 is 37.2 Å². The number of carbonyl (C=O) groups is 3. The zero-order valence-electron chi connectivity index (χ0n) is 18.6. The standard InChI is InChI=1S/C24H12Cl2F3N3O6/c25-17-6-5-14(11-18(17)26)31-22(34)16(21(33)30-23(31)35)9-12-2-1-3-15(8-12)38-20-7-4-13(24(27,28)29)10-19(20)32(36)37/h1-11H,(H,30,33,35)/b16-9-. The number of amides is 4. The second-order valence-electron chi connectivity index (χ2n) is 7.67. The summed E-state index contributed by atoms with van der Waals surface area (Å²) >= 11 is 11.9. The van der Waals surface area contributed by atoms with Crippen LogP contribution in [0.3, 0.4) is 0 Å². The highest BCUT2D eigenvalue weighted by molar-refractivity contribution is 6.43. The van der Waals surface area contributed by atoms with Crippen molar-refractivity contribution in [2.75, 3.05) is 4.90 Å². The topological polar surface area (TPSA) is 119 Å². The van der Waals surface area contributed by atoms with Crippen LogP contribution in [0.4, 0.5) is 29.3 Å². The van der Waals surface area contributed by atoms with Crippen molar-refractivity contribution in [1.29, 1.82) is 0 Å². The van der Waals surface area contributed by atoms with E-state index in [9.17, 15) is 37.7 Å². The van der Waals surface area contributed by atoms with Crippen molar-refractivity contribution in [3.8, 4) is 11.5 Å². The predicted octanol–water partition coefficient (Wildman–Crippen LogP) is 6.38. The molecule has 38 heavy (non-hydrogen) atoms. The minimum Gasteiger partial charge on any atom is -0.450 e. The van der Waals surface area contributed by atoms with Crippen molar-refractivity contribution in [2.24, 2.45) is 0 Å². The van der Waals surface area contributed by atoms with E-state index in [2.05, 4.69) is 0 Å². The molecule has 0 atom stereocenters. The maximum absolute atomic E-state index is 13.1. The number of imide groups is 2. The van der Waals surface area contributed by atoms with E-state index in [0.29, 0.717) is 17.0 Å². The SMILES string of the molecule is O=C1NC(=O)N(c2ccc(Cl)c(Cl)c2)C(=O)/C1=C\c1cccc(Oc2ccc(C(F)(F)F)cc2[N+](=O)[O-])c1. The van der Waals surface area contributed by atoms with Crippen molar-refractivity contribution in [3.63, 3.8) is 0 Å². The number of nitro benzene ring substituents is 1.